The first kappa shape index (κ1) is 18.1. The van der Waals surface area contributed by atoms with Crippen molar-refractivity contribution in [3.05, 3.63) is 54.4 Å². The molecule has 2 saturated heterocycles. The summed E-state index contributed by atoms with van der Waals surface area (Å²) in [6.45, 7) is 1.44. The topological polar surface area (TPSA) is 76.6 Å². The lowest BCUT2D eigenvalue weighted by Crippen LogP contribution is -2.49. The van der Waals surface area contributed by atoms with Gasteiger partial charge in [-0.1, -0.05) is 12.1 Å². The van der Waals surface area contributed by atoms with E-state index in [1.54, 1.807) is 34.9 Å². The minimum absolute atomic E-state index is 0.0123. The lowest BCUT2D eigenvalue weighted by molar-refractivity contribution is 0.0953. The van der Waals surface area contributed by atoms with Crippen LogP contribution in [0.2, 0.25) is 0 Å². The number of carbonyl (C=O) groups is 1. The Morgan fingerprint density at radius 3 is 2.52 bits per heavy atom. The summed E-state index contributed by atoms with van der Waals surface area (Å²) in [7, 11) is -3.64. The molecule has 6 nitrogen and oxygen atoms in total. The Balaban J connectivity index is 1.55. The lowest BCUT2D eigenvalue weighted by Gasteiger charge is -2.37. The molecule has 1 aromatic heterocycles. The van der Waals surface area contributed by atoms with Gasteiger partial charge >= 0.3 is 0 Å². The van der Waals surface area contributed by atoms with Crippen LogP contribution in [0, 0.1) is 0 Å². The van der Waals surface area contributed by atoms with Crippen molar-refractivity contribution >= 4 is 15.8 Å². The summed E-state index contributed by atoms with van der Waals surface area (Å²) in [5.41, 5.74) is 0.415. The third-order valence-electron chi connectivity index (χ3n) is 5.38. The highest BCUT2D eigenvalue weighted by atomic mass is 32.2. The Kier molecular flexibility index (Phi) is 4.74. The SMILES string of the molecule is CC(=O)c1cccc(S(=O)(=O)N2C3CCC2CC(Oc2cccnc2)C3)c1. The van der Waals surface area contributed by atoms with E-state index in [2.05, 4.69) is 4.98 Å². The lowest BCUT2D eigenvalue weighted by atomic mass is 10.0. The first-order valence-electron chi connectivity index (χ1n) is 9.16. The molecule has 2 fully saturated rings. The molecule has 7 heteroatoms. The van der Waals surface area contributed by atoms with Crippen LogP contribution >= 0.6 is 0 Å². The number of sulfonamides is 1. The second-order valence-corrected chi connectivity index (χ2v) is 9.05. The Morgan fingerprint density at radius 2 is 1.89 bits per heavy atom. The molecule has 2 unspecified atom stereocenters. The maximum absolute atomic E-state index is 13.3. The monoisotopic (exact) mass is 386 g/mol. The van der Waals surface area contributed by atoms with Gasteiger partial charge in [-0.05, 0) is 44.0 Å². The maximum Gasteiger partial charge on any atom is 0.243 e. The van der Waals surface area contributed by atoms with E-state index in [1.165, 1.54) is 13.0 Å². The van der Waals surface area contributed by atoms with Gasteiger partial charge in [0.25, 0.3) is 0 Å². The molecule has 2 atom stereocenters. The first-order valence-corrected chi connectivity index (χ1v) is 10.6. The molecule has 2 aromatic rings. The molecule has 2 aliphatic heterocycles. The van der Waals surface area contributed by atoms with Crippen molar-refractivity contribution in [1.82, 2.24) is 9.29 Å². The van der Waals surface area contributed by atoms with Gasteiger partial charge in [-0.3, -0.25) is 9.78 Å². The molecule has 27 heavy (non-hydrogen) atoms. The molecule has 0 saturated carbocycles. The number of fused-ring (bicyclic) bond motifs is 2. The molecule has 2 aliphatic rings. The summed E-state index contributed by atoms with van der Waals surface area (Å²) < 4.78 is 34.2. The highest BCUT2D eigenvalue weighted by molar-refractivity contribution is 7.89. The number of carbonyl (C=O) groups excluding carboxylic acids is 1. The summed E-state index contributed by atoms with van der Waals surface area (Å²) in [5, 5.41) is 0. The summed E-state index contributed by atoms with van der Waals surface area (Å²) in [4.78, 5) is 15.9. The zero-order valence-electron chi connectivity index (χ0n) is 15.1. The Morgan fingerprint density at radius 1 is 1.15 bits per heavy atom. The number of Topliss-reactive ketones (excluding diaryl/α,β-unsaturated/α-hetero) is 1. The molecule has 0 spiro atoms. The van der Waals surface area contributed by atoms with E-state index in [-0.39, 0.29) is 28.9 Å². The molecule has 0 radical (unpaired) electrons. The quantitative estimate of drug-likeness (QED) is 0.738. The van der Waals surface area contributed by atoms with Crippen LogP contribution in [-0.4, -0.2) is 41.7 Å². The number of nitrogens with zero attached hydrogens (tertiary/aromatic N) is 2. The van der Waals surface area contributed by atoms with Crippen LogP contribution in [0.5, 0.6) is 5.75 Å². The maximum atomic E-state index is 13.3. The second-order valence-electron chi connectivity index (χ2n) is 7.20. The number of piperidine rings is 1. The number of hydrogen-bond acceptors (Lipinski definition) is 5. The van der Waals surface area contributed by atoms with Crippen LogP contribution in [0.1, 0.15) is 43.0 Å². The van der Waals surface area contributed by atoms with Gasteiger partial charge in [0.15, 0.2) is 5.78 Å². The van der Waals surface area contributed by atoms with Crippen LogP contribution in [0.4, 0.5) is 0 Å². The van der Waals surface area contributed by atoms with Gasteiger partial charge in [0.1, 0.15) is 11.9 Å². The van der Waals surface area contributed by atoms with Crippen LogP contribution in [0.3, 0.4) is 0 Å². The van der Waals surface area contributed by atoms with Gasteiger partial charge in [0.2, 0.25) is 10.0 Å². The number of ether oxygens (including phenoxy) is 1. The number of aromatic nitrogens is 1. The average molecular weight is 386 g/mol. The van der Waals surface area contributed by atoms with Crippen molar-refractivity contribution in [1.29, 1.82) is 0 Å². The first-order chi connectivity index (χ1) is 12.9. The molecule has 3 heterocycles. The summed E-state index contributed by atoms with van der Waals surface area (Å²) in [5.74, 6) is 0.575. The number of hydrogen-bond donors (Lipinski definition) is 0. The summed E-state index contributed by atoms with van der Waals surface area (Å²) >= 11 is 0. The number of rotatable bonds is 5. The summed E-state index contributed by atoms with van der Waals surface area (Å²) in [6.07, 6.45) is 6.36. The Hall–Kier alpha value is -2.25. The van der Waals surface area contributed by atoms with Gasteiger partial charge in [-0.15, -0.1) is 0 Å². The zero-order valence-corrected chi connectivity index (χ0v) is 15.9. The van der Waals surface area contributed by atoms with Crippen molar-refractivity contribution in [2.45, 2.75) is 55.7 Å². The van der Waals surface area contributed by atoms with Crippen molar-refractivity contribution in [2.75, 3.05) is 0 Å². The van der Waals surface area contributed by atoms with Gasteiger partial charge in [0.05, 0.1) is 11.1 Å². The van der Waals surface area contributed by atoms with E-state index in [9.17, 15) is 13.2 Å². The molecule has 2 bridgehead atoms. The van der Waals surface area contributed by atoms with Gasteiger partial charge < -0.3 is 4.74 Å². The number of pyridine rings is 1. The number of benzene rings is 1. The molecule has 1 aromatic carbocycles. The molecule has 142 valence electrons. The van der Waals surface area contributed by atoms with Crippen molar-refractivity contribution < 1.29 is 17.9 Å². The fourth-order valence-electron chi connectivity index (χ4n) is 4.18. The Labute approximate surface area is 159 Å². The summed E-state index contributed by atoms with van der Waals surface area (Å²) in [6, 6.07) is 9.87. The molecule has 4 rings (SSSR count). The molecule has 0 N–H and O–H groups in total. The highest BCUT2D eigenvalue weighted by Crippen LogP contribution is 2.41. The van der Waals surface area contributed by atoms with Crippen LogP contribution in [0.25, 0.3) is 0 Å². The van der Waals surface area contributed by atoms with Crippen LogP contribution in [0.15, 0.2) is 53.7 Å². The standard InChI is InChI=1S/C20H22N2O4S/c1-14(23)15-4-2-6-20(10-15)27(24,25)22-16-7-8-17(22)12-19(11-16)26-18-5-3-9-21-13-18/h2-6,9-10,13,16-17,19H,7-8,11-12H2,1H3. The molecule has 0 aliphatic carbocycles. The predicted molar refractivity (Wildman–Crippen MR) is 100 cm³/mol. The molecular weight excluding hydrogens is 364 g/mol. The third kappa shape index (κ3) is 3.49. The van der Waals surface area contributed by atoms with Gasteiger partial charge in [0, 0.05) is 36.7 Å². The zero-order chi connectivity index (χ0) is 19.0. The highest BCUT2D eigenvalue weighted by Gasteiger charge is 2.47. The van der Waals surface area contributed by atoms with Gasteiger partial charge in [-0.2, -0.15) is 4.31 Å². The Bertz CT molecular complexity index is 931. The van der Waals surface area contributed by atoms with Crippen LogP contribution < -0.4 is 4.74 Å². The van der Waals surface area contributed by atoms with Crippen molar-refractivity contribution in [2.24, 2.45) is 0 Å². The van der Waals surface area contributed by atoms with E-state index in [0.29, 0.717) is 24.2 Å². The van der Waals surface area contributed by atoms with E-state index >= 15 is 0 Å². The molecular formula is C20H22N2O4S. The van der Waals surface area contributed by atoms with Crippen molar-refractivity contribution in [3.8, 4) is 5.75 Å². The average Bonchev–Trinajstić information content (AvgIpc) is 2.95. The second kappa shape index (κ2) is 7.05. The van der Waals surface area contributed by atoms with Gasteiger partial charge in [-0.25, -0.2) is 8.42 Å². The number of ketones is 1. The van der Waals surface area contributed by atoms with Crippen LogP contribution in [-0.2, 0) is 10.0 Å². The minimum atomic E-state index is -3.64. The smallest absolute Gasteiger partial charge is 0.243 e. The van der Waals surface area contributed by atoms with E-state index in [1.807, 2.05) is 12.1 Å². The van der Waals surface area contributed by atoms with E-state index < -0.39 is 10.0 Å². The fraction of sp³-hybridized carbons (Fsp3) is 0.400. The normalized spacial score (nSPS) is 25.3. The van der Waals surface area contributed by atoms with E-state index in [0.717, 1.165) is 12.8 Å². The van der Waals surface area contributed by atoms with E-state index in [4.69, 9.17) is 4.74 Å². The third-order valence-corrected chi connectivity index (χ3v) is 7.38. The minimum Gasteiger partial charge on any atom is -0.489 e. The predicted octanol–water partition coefficient (Wildman–Crippen LogP) is 3.05. The fourth-order valence-corrected chi connectivity index (χ4v) is 6.12. The van der Waals surface area contributed by atoms with Crippen molar-refractivity contribution in [3.63, 3.8) is 0 Å². The largest absolute Gasteiger partial charge is 0.489 e. The molecule has 0 amide bonds.